The van der Waals surface area contributed by atoms with E-state index in [2.05, 4.69) is 45.7 Å². The monoisotopic (exact) mass is 320 g/mol. The van der Waals surface area contributed by atoms with Gasteiger partial charge in [0.1, 0.15) is 0 Å². The van der Waals surface area contributed by atoms with Gasteiger partial charge in [-0.25, -0.2) is 0 Å². The predicted octanol–water partition coefficient (Wildman–Crippen LogP) is 3.88. The maximum atomic E-state index is 12.3. The maximum Gasteiger partial charge on any atom is 0.253 e. The van der Waals surface area contributed by atoms with E-state index in [1.807, 2.05) is 18.3 Å². The minimum Gasteiger partial charge on any atom is -0.349 e. The highest BCUT2D eigenvalue weighted by Crippen LogP contribution is 2.28. The number of benzene rings is 1. The highest BCUT2D eigenvalue weighted by molar-refractivity contribution is 9.10. The van der Waals surface area contributed by atoms with Crippen LogP contribution in [0.15, 0.2) is 28.9 Å². The van der Waals surface area contributed by atoms with Crippen LogP contribution in [0.5, 0.6) is 0 Å². The molecule has 4 heteroatoms. The van der Waals surface area contributed by atoms with E-state index in [0.29, 0.717) is 12.1 Å². The van der Waals surface area contributed by atoms with Crippen molar-refractivity contribution in [3.8, 4) is 0 Å². The quantitative estimate of drug-likeness (QED) is 0.915. The van der Waals surface area contributed by atoms with Crippen LogP contribution in [0.25, 0.3) is 10.9 Å². The highest BCUT2D eigenvalue weighted by atomic mass is 79.9. The topological polar surface area (TPSA) is 34.0 Å². The molecule has 1 fully saturated rings. The van der Waals surface area contributed by atoms with E-state index in [9.17, 15) is 4.79 Å². The van der Waals surface area contributed by atoms with E-state index < -0.39 is 0 Å². The molecule has 0 bridgehead atoms. The molecule has 1 aromatic heterocycles. The van der Waals surface area contributed by atoms with E-state index in [1.165, 1.54) is 0 Å². The molecule has 1 N–H and O–H groups in total. The normalized spacial score (nSPS) is 15.2. The molecule has 0 spiro atoms. The second-order valence-electron chi connectivity index (χ2n) is 5.45. The fourth-order valence-electron chi connectivity index (χ4n) is 2.32. The second kappa shape index (κ2) is 4.67. The van der Waals surface area contributed by atoms with Crippen molar-refractivity contribution >= 4 is 32.7 Å². The van der Waals surface area contributed by atoms with E-state index in [-0.39, 0.29) is 5.91 Å². The van der Waals surface area contributed by atoms with Crippen LogP contribution in [0.3, 0.4) is 0 Å². The molecule has 1 aromatic carbocycles. The molecule has 1 heterocycles. The van der Waals surface area contributed by atoms with Gasteiger partial charge in [0, 0.05) is 28.1 Å². The lowest BCUT2D eigenvalue weighted by atomic mass is 10.1. The summed E-state index contributed by atoms with van der Waals surface area (Å²) in [6, 6.07) is 6.80. The Balaban J connectivity index is 2.10. The zero-order valence-electron chi connectivity index (χ0n) is 11.1. The first kappa shape index (κ1) is 12.7. The second-order valence-corrected chi connectivity index (χ2v) is 6.37. The minimum absolute atomic E-state index is 0.0502. The smallest absolute Gasteiger partial charge is 0.253 e. The van der Waals surface area contributed by atoms with Gasteiger partial charge in [0.2, 0.25) is 0 Å². The molecule has 1 aliphatic rings. The van der Waals surface area contributed by atoms with Gasteiger partial charge in [-0.2, -0.15) is 0 Å². The summed E-state index contributed by atoms with van der Waals surface area (Å²) >= 11 is 3.50. The molecule has 0 atom stereocenters. The van der Waals surface area contributed by atoms with Crippen molar-refractivity contribution in [2.24, 2.45) is 0 Å². The summed E-state index contributed by atoms with van der Waals surface area (Å²) in [6.45, 7) is 4.26. The van der Waals surface area contributed by atoms with Crippen molar-refractivity contribution in [2.75, 3.05) is 0 Å². The number of nitrogens with zero attached hydrogens (tertiary/aromatic N) is 1. The average Bonchev–Trinajstić information content (AvgIpc) is 3.07. The summed E-state index contributed by atoms with van der Waals surface area (Å²) in [7, 11) is 0. The number of carbonyl (C=O) groups excluding carboxylic acids is 1. The summed E-state index contributed by atoms with van der Waals surface area (Å²) in [5.41, 5.74) is 1.88. The van der Waals surface area contributed by atoms with Gasteiger partial charge in [0.25, 0.3) is 5.91 Å². The SMILES string of the molecule is CC(C)n1cc(C(=O)NC2CC2)c2ccc(Br)cc21. The van der Waals surface area contributed by atoms with Crippen molar-refractivity contribution in [3.63, 3.8) is 0 Å². The van der Waals surface area contributed by atoms with Crippen molar-refractivity contribution in [1.29, 1.82) is 0 Å². The Bertz CT molecular complexity index is 641. The number of rotatable bonds is 3. The Morgan fingerprint density at radius 1 is 1.42 bits per heavy atom. The van der Waals surface area contributed by atoms with Crippen molar-refractivity contribution < 1.29 is 4.79 Å². The van der Waals surface area contributed by atoms with Gasteiger partial charge < -0.3 is 9.88 Å². The molecule has 100 valence electrons. The number of fused-ring (bicyclic) bond motifs is 1. The maximum absolute atomic E-state index is 12.3. The third kappa shape index (κ3) is 2.41. The Morgan fingerprint density at radius 3 is 2.79 bits per heavy atom. The molecule has 1 saturated carbocycles. The van der Waals surface area contributed by atoms with Gasteiger partial charge in [-0.1, -0.05) is 22.0 Å². The summed E-state index contributed by atoms with van der Waals surface area (Å²) in [5, 5.41) is 4.09. The minimum atomic E-state index is 0.0502. The summed E-state index contributed by atoms with van der Waals surface area (Å²) < 4.78 is 3.19. The van der Waals surface area contributed by atoms with Crippen LogP contribution < -0.4 is 5.32 Å². The molecule has 2 aromatic rings. The van der Waals surface area contributed by atoms with Gasteiger partial charge in [-0.15, -0.1) is 0 Å². The summed E-state index contributed by atoms with van der Waals surface area (Å²) in [6.07, 6.45) is 4.19. The van der Waals surface area contributed by atoms with Crippen LogP contribution in [0.1, 0.15) is 43.1 Å². The number of halogens is 1. The Kier molecular flexibility index (Phi) is 3.13. The zero-order chi connectivity index (χ0) is 13.6. The zero-order valence-corrected chi connectivity index (χ0v) is 12.7. The van der Waals surface area contributed by atoms with Gasteiger partial charge in [0.05, 0.1) is 11.1 Å². The fraction of sp³-hybridized carbons (Fsp3) is 0.400. The fourth-order valence-corrected chi connectivity index (χ4v) is 2.67. The largest absolute Gasteiger partial charge is 0.349 e. The van der Waals surface area contributed by atoms with Gasteiger partial charge in [-0.3, -0.25) is 4.79 Å². The molecule has 0 aliphatic heterocycles. The molecule has 0 radical (unpaired) electrons. The first-order chi connectivity index (χ1) is 9.06. The lowest BCUT2D eigenvalue weighted by molar-refractivity contribution is 0.0952. The molecular formula is C15H17BrN2O. The average molecular weight is 321 g/mol. The Morgan fingerprint density at radius 2 is 2.16 bits per heavy atom. The van der Waals surface area contributed by atoms with Crippen LogP contribution in [-0.4, -0.2) is 16.5 Å². The van der Waals surface area contributed by atoms with E-state index in [4.69, 9.17) is 0 Å². The number of hydrogen-bond acceptors (Lipinski definition) is 1. The van der Waals surface area contributed by atoms with Crippen molar-refractivity contribution in [1.82, 2.24) is 9.88 Å². The standard InChI is InChI=1S/C15H17BrN2O/c1-9(2)18-8-13(15(19)17-11-4-5-11)12-6-3-10(16)7-14(12)18/h3,6-9,11H,4-5H2,1-2H3,(H,17,19). The molecule has 19 heavy (non-hydrogen) atoms. The molecule has 0 unspecified atom stereocenters. The number of aromatic nitrogens is 1. The molecule has 1 aliphatic carbocycles. The molecule has 1 amide bonds. The van der Waals surface area contributed by atoms with Gasteiger partial charge in [-0.05, 0) is 38.8 Å². The third-order valence-electron chi connectivity index (χ3n) is 3.51. The Hall–Kier alpha value is -1.29. The lowest BCUT2D eigenvalue weighted by Crippen LogP contribution is -2.25. The summed E-state index contributed by atoms with van der Waals surface area (Å²) in [5.74, 6) is 0.0502. The van der Waals surface area contributed by atoms with Crippen LogP contribution >= 0.6 is 15.9 Å². The molecule has 0 saturated heterocycles. The molecule has 3 rings (SSSR count). The number of nitrogens with one attached hydrogen (secondary N) is 1. The Labute approximate surface area is 121 Å². The van der Waals surface area contributed by atoms with Crippen molar-refractivity contribution in [2.45, 2.75) is 38.8 Å². The van der Waals surface area contributed by atoms with E-state index in [1.54, 1.807) is 0 Å². The van der Waals surface area contributed by atoms with Crippen LogP contribution in [0.4, 0.5) is 0 Å². The lowest BCUT2D eigenvalue weighted by Gasteiger charge is -2.08. The van der Waals surface area contributed by atoms with E-state index >= 15 is 0 Å². The molecular weight excluding hydrogens is 304 g/mol. The van der Waals surface area contributed by atoms with E-state index in [0.717, 1.165) is 33.8 Å². The number of hydrogen-bond donors (Lipinski definition) is 1. The first-order valence-corrected chi connectivity index (χ1v) is 7.46. The molecule has 3 nitrogen and oxygen atoms in total. The van der Waals surface area contributed by atoms with Gasteiger partial charge in [0.15, 0.2) is 0 Å². The predicted molar refractivity (Wildman–Crippen MR) is 80.5 cm³/mol. The number of amides is 1. The summed E-state index contributed by atoms with van der Waals surface area (Å²) in [4.78, 5) is 12.3. The van der Waals surface area contributed by atoms with Crippen molar-refractivity contribution in [3.05, 3.63) is 34.4 Å². The van der Waals surface area contributed by atoms with Crippen LogP contribution in [-0.2, 0) is 0 Å². The van der Waals surface area contributed by atoms with Gasteiger partial charge >= 0.3 is 0 Å². The van der Waals surface area contributed by atoms with Crippen LogP contribution in [0, 0.1) is 0 Å². The number of carbonyl (C=O) groups is 1. The first-order valence-electron chi connectivity index (χ1n) is 6.67. The van der Waals surface area contributed by atoms with Crippen LogP contribution in [0.2, 0.25) is 0 Å². The third-order valence-corrected chi connectivity index (χ3v) is 4.00. The highest BCUT2D eigenvalue weighted by Gasteiger charge is 2.25.